The van der Waals surface area contributed by atoms with Gasteiger partial charge in [0.05, 0.1) is 5.41 Å². The molecule has 2 aliphatic carbocycles. The Morgan fingerprint density at radius 2 is 1.65 bits per heavy atom. The molecule has 3 heteroatoms. The maximum Gasteiger partial charge on any atom is 0.144 e. The van der Waals surface area contributed by atoms with Crippen LogP contribution in [0.25, 0.3) is 33.1 Å². The van der Waals surface area contributed by atoms with Gasteiger partial charge in [-0.25, -0.2) is 0 Å². The van der Waals surface area contributed by atoms with Gasteiger partial charge in [-0.05, 0) is 41.0 Å². The van der Waals surface area contributed by atoms with Crippen molar-refractivity contribution in [1.29, 1.82) is 0 Å². The third kappa shape index (κ3) is 1.71. The number of furan rings is 1. The number of fused-ring (bicyclic) bond motifs is 9. The molecule has 0 bridgehead atoms. The smallest absolute Gasteiger partial charge is 0.144 e. The molecule has 4 aromatic rings. The molecule has 26 heavy (non-hydrogen) atoms. The van der Waals surface area contributed by atoms with E-state index in [4.69, 9.17) is 4.42 Å². The molecule has 1 nitrogen and oxygen atoms in total. The molecule has 0 amide bonds. The second-order valence-corrected chi connectivity index (χ2v) is 8.63. The summed E-state index contributed by atoms with van der Waals surface area (Å²) < 4.78 is 8.55. The molecule has 0 aliphatic heterocycles. The van der Waals surface area contributed by atoms with Crippen LogP contribution in [0.15, 0.2) is 86.2 Å². The molecule has 1 spiro atoms. The molecule has 0 fully saturated rings. The topological polar surface area (TPSA) is 13.1 Å². The number of benzene rings is 3. The van der Waals surface area contributed by atoms with Crippen molar-refractivity contribution in [3.63, 3.8) is 0 Å². The van der Waals surface area contributed by atoms with Gasteiger partial charge in [0, 0.05) is 25.3 Å². The van der Waals surface area contributed by atoms with Crippen LogP contribution in [0.3, 0.4) is 0 Å². The Balaban J connectivity index is 1.86. The molecule has 2 aliphatic rings. The van der Waals surface area contributed by atoms with Gasteiger partial charge in [0.25, 0.3) is 0 Å². The zero-order valence-corrected chi connectivity index (χ0v) is 16.8. The summed E-state index contributed by atoms with van der Waals surface area (Å²) >= 11 is 7.47. The molecule has 0 saturated carbocycles. The summed E-state index contributed by atoms with van der Waals surface area (Å²) in [4.78, 5) is 0. The number of hydrogen-bond acceptors (Lipinski definition) is 1. The highest BCUT2D eigenvalue weighted by atomic mass is 79.9. The predicted molar refractivity (Wildman–Crippen MR) is 114 cm³/mol. The molecule has 3 aromatic carbocycles. The van der Waals surface area contributed by atoms with E-state index in [1.807, 2.05) is 12.1 Å². The van der Waals surface area contributed by atoms with Crippen molar-refractivity contribution >= 4 is 53.8 Å². The van der Waals surface area contributed by atoms with Gasteiger partial charge in [-0.15, -0.1) is 0 Å². The molecule has 0 saturated heterocycles. The molecule has 0 unspecified atom stereocenters. The Morgan fingerprint density at radius 1 is 0.846 bits per heavy atom. The van der Waals surface area contributed by atoms with Crippen LogP contribution in [0.5, 0.6) is 0 Å². The van der Waals surface area contributed by atoms with Gasteiger partial charge in [-0.1, -0.05) is 80.4 Å². The highest BCUT2D eigenvalue weighted by Crippen LogP contribution is 2.56. The van der Waals surface area contributed by atoms with Crippen molar-refractivity contribution in [1.82, 2.24) is 0 Å². The average molecular weight is 464 g/mol. The maximum atomic E-state index is 6.38. The molecule has 0 atom stereocenters. The molecule has 1 heterocycles. The lowest BCUT2D eigenvalue weighted by atomic mass is 9.80. The third-order valence-electron chi connectivity index (χ3n) is 5.57. The van der Waals surface area contributed by atoms with Gasteiger partial charge in [0.1, 0.15) is 11.2 Å². The zero-order valence-electron chi connectivity index (χ0n) is 13.6. The van der Waals surface area contributed by atoms with Crippen LogP contribution in [0.4, 0.5) is 0 Å². The van der Waals surface area contributed by atoms with Gasteiger partial charge in [-0.2, -0.15) is 0 Å². The van der Waals surface area contributed by atoms with Gasteiger partial charge >= 0.3 is 0 Å². The quantitative estimate of drug-likeness (QED) is 0.263. The Kier molecular flexibility index (Phi) is 2.88. The highest BCUT2D eigenvalue weighted by molar-refractivity contribution is 9.11. The average Bonchev–Trinajstić information content (AvgIpc) is 3.33. The van der Waals surface area contributed by atoms with Crippen LogP contribution in [0.2, 0.25) is 0 Å². The van der Waals surface area contributed by atoms with E-state index in [-0.39, 0.29) is 5.41 Å². The minimum Gasteiger partial charge on any atom is -0.455 e. The van der Waals surface area contributed by atoms with Crippen molar-refractivity contribution in [2.75, 3.05) is 0 Å². The largest absolute Gasteiger partial charge is 0.455 e. The first kappa shape index (κ1) is 15.0. The van der Waals surface area contributed by atoms with Crippen molar-refractivity contribution in [2.45, 2.75) is 5.41 Å². The lowest BCUT2D eigenvalue weighted by molar-refractivity contribution is 0.669. The van der Waals surface area contributed by atoms with E-state index < -0.39 is 0 Å². The van der Waals surface area contributed by atoms with Crippen molar-refractivity contribution in [3.05, 3.63) is 92.9 Å². The molecular formula is C23H12Br2O. The molecule has 124 valence electrons. The minimum absolute atomic E-state index is 0.218. The lowest BCUT2D eigenvalue weighted by Crippen LogP contribution is -2.17. The third-order valence-corrected chi connectivity index (χ3v) is 6.69. The maximum absolute atomic E-state index is 6.38. The number of halogens is 2. The van der Waals surface area contributed by atoms with Crippen LogP contribution >= 0.6 is 31.9 Å². The van der Waals surface area contributed by atoms with E-state index in [9.17, 15) is 0 Å². The zero-order chi connectivity index (χ0) is 17.5. The molecule has 6 rings (SSSR count). The SMILES string of the molecule is Brc1ccc2c(c1)C1(C=CC=C1)c1cc(Br)c3c(oc4ccccc43)c1-2. The summed E-state index contributed by atoms with van der Waals surface area (Å²) in [6, 6.07) is 17.1. The summed E-state index contributed by atoms with van der Waals surface area (Å²) in [7, 11) is 0. The normalized spacial score (nSPS) is 16.1. The van der Waals surface area contributed by atoms with E-state index >= 15 is 0 Å². The Bertz CT molecular complexity index is 1300. The predicted octanol–water partition coefficient (Wildman–Crippen LogP) is 7.50. The first-order chi connectivity index (χ1) is 12.7. The van der Waals surface area contributed by atoms with Gasteiger partial charge < -0.3 is 4.42 Å². The van der Waals surface area contributed by atoms with Crippen molar-refractivity contribution < 1.29 is 4.42 Å². The van der Waals surface area contributed by atoms with E-state index in [2.05, 4.69) is 92.6 Å². The van der Waals surface area contributed by atoms with E-state index in [0.29, 0.717) is 0 Å². The Hall–Kier alpha value is -2.10. The monoisotopic (exact) mass is 462 g/mol. The van der Waals surface area contributed by atoms with Gasteiger partial charge in [0.15, 0.2) is 0 Å². The fourth-order valence-electron chi connectivity index (χ4n) is 4.50. The minimum atomic E-state index is -0.218. The summed E-state index contributed by atoms with van der Waals surface area (Å²) in [6.45, 7) is 0. The van der Waals surface area contributed by atoms with Gasteiger partial charge in [0.2, 0.25) is 0 Å². The van der Waals surface area contributed by atoms with Crippen LogP contribution in [0, 0.1) is 0 Å². The number of allylic oxidation sites excluding steroid dienone is 4. The Morgan fingerprint density at radius 3 is 2.50 bits per heavy atom. The first-order valence-corrected chi connectivity index (χ1v) is 10.1. The van der Waals surface area contributed by atoms with Crippen LogP contribution in [0.1, 0.15) is 11.1 Å². The van der Waals surface area contributed by atoms with Crippen LogP contribution < -0.4 is 0 Å². The second-order valence-electron chi connectivity index (χ2n) is 6.86. The summed E-state index contributed by atoms with van der Waals surface area (Å²) in [5.41, 5.74) is 6.69. The first-order valence-electron chi connectivity index (χ1n) is 8.51. The second kappa shape index (κ2) is 4.99. The number of para-hydroxylation sites is 1. The Labute approximate surface area is 167 Å². The van der Waals surface area contributed by atoms with Crippen LogP contribution in [-0.4, -0.2) is 0 Å². The fourth-order valence-corrected chi connectivity index (χ4v) is 5.48. The summed E-state index contributed by atoms with van der Waals surface area (Å²) in [5.74, 6) is 0. The highest BCUT2D eigenvalue weighted by Gasteiger charge is 2.43. The summed E-state index contributed by atoms with van der Waals surface area (Å²) in [6.07, 6.45) is 8.84. The molecule has 0 radical (unpaired) electrons. The lowest BCUT2D eigenvalue weighted by Gasteiger charge is -2.22. The molecular weight excluding hydrogens is 452 g/mol. The standard InChI is InChI=1S/C23H12Br2O/c24-13-7-8-14-16(11-13)23(9-3-4-10-23)17-12-18(25)21-15-5-1-2-6-19(15)26-22(21)20(14)17/h1-12H. The fraction of sp³-hybridized carbons (Fsp3) is 0.0435. The molecule has 0 N–H and O–H groups in total. The van der Waals surface area contributed by atoms with Crippen molar-refractivity contribution in [2.24, 2.45) is 0 Å². The number of rotatable bonds is 0. The summed E-state index contributed by atoms with van der Waals surface area (Å²) in [5, 5.41) is 2.30. The molecule has 1 aromatic heterocycles. The van der Waals surface area contributed by atoms with E-state index in [1.165, 1.54) is 22.3 Å². The number of hydrogen-bond donors (Lipinski definition) is 0. The van der Waals surface area contributed by atoms with Gasteiger partial charge in [-0.3, -0.25) is 0 Å². The van der Waals surface area contributed by atoms with Crippen LogP contribution in [-0.2, 0) is 5.41 Å². The van der Waals surface area contributed by atoms with E-state index in [1.54, 1.807) is 0 Å². The van der Waals surface area contributed by atoms with Crippen molar-refractivity contribution in [3.8, 4) is 11.1 Å². The van der Waals surface area contributed by atoms with E-state index in [0.717, 1.165) is 30.9 Å².